The van der Waals surface area contributed by atoms with Crippen molar-refractivity contribution >= 4 is 23.6 Å². The molecule has 1 saturated heterocycles. The van der Waals surface area contributed by atoms with Crippen LogP contribution in [0.15, 0.2) is 79.0 Å². The predicted octanol–water partition coefficient (Wildman–Crippen LogP) is 3.50. The number of pyridine rings is 1. The van der Waals surface area contributed by atoms with Crippen LogP contribution < -0.4 is 5.73 Å². The number of nitrogens with zero attached hydrogens (tertiary/aromatic N) is 2. The highest BCUT2D eigenvalue weighted by atomic mass is 16.5. The van der Waals surface area contributed by atoms with E-state index < -0.39 is 17.9 Å². The van der Waals surface area contributed by atoms with Gasteiger partial charge in [0.25, 0.3) is 0 Å². The number of rotatable bonds is 8. The van der Waals surface area contributed by atoms with Crippen LogP contribution in [-0.4, -0.2) is 33.7 Å². The molecule has 4 rings (SSSR count). The van der Waals surface area contributed by atoms with Crippen LogP contribution in [0.5, 0.6) is 0 Å². The topological polar surface area (TPSA) is 103 Å². The van der Waals surface area contributed by atoms with Crippen molar-refractivity contribution in [2.45, 2.75) is 38.3 Å². The molecule has 1 aliphatic rings. The van der Waals surface area contributed by atoms with Crippen LogP contribution in [0.25, 0.3) is 0 Å². The van der Waals surface area contributed by atoms with E-state index in [0.717, 1.165) is 21.6 Å². The number of benzene rings is 2. The van der Waals surface area contributed by atoms with E-state index >= 15 is 0 Å². The zero-order chi connectivity index (χ0) is 24.1. The molecular weight excluding hydrogens is 430 g/mol. The van der Waals surface area contributed by atoms with Crippen LogP contribution in [0.3, 0.4) is 0 Å². The third-order valence-corrected chi connectivity index (χ3v) is 6.10. The monoisotopic (exact) mass is 457 g/mol. The molecule has 2 heterocycles. The van der Waals surface area contributed by atoms with Gasteiger partial charge in [-0.1, -0.05) is 67.6 Å². The van der Waals surface area contributed by atoms with E-state index in [2.05, 4.69) is 4.98 Å². The van der Waals surface area contributed by atoms with Gasteiger partial charge in [0.2, 0.25) is 11.8 Å². The number of hydrogen-bond acceptors (Lipinski definition) is 6. The Bertz CT molecular complexity index is 1170. The van der Waals surface area contributed by atoms with Gasteiger partial charge in [-0.25, -0.2) is 9.78 Å². The minimum Gasteiger partial charge on any atom is -0.459 e. The first-order valence-corrected chi connectivity index (χ1v) is 11.3. The summed E-state index contributed by atoms with van der Waals surface area (Å²) in [4.78, 5) is 44.3. The lowest BCUT2D eigenvalue weighted by atomic mass is 9.81. The average molecular weight is 458 g/mol. The fourth-order valence-electron chi connectivity index (χ4n) is 4.24. The van der Waals surface area contributed by atoms with E-state index in [1.165, 1.54) is 0 Å². The molecule has 2 amide bonds. The molecule has 1 aromatic heterocycles. The molecule has 2 N–H and O–H groups in total. The molecule has 34 heavy (non-hydrogen) atoms. The zero-order valence-corrected chi connectivity index (χ0v) is 19.0. The lowest BCUT2D eigenvalue weighted by Crippen LogP contribution is -2.67. The highest BCUT2D eigenvalue weighted by Gasteiger charge is 2.55. The number of carbonyl (C=O) groups excluding carboxylic acids is 3. The smallest absolute Gasteiger partial charge is 0.330 e. The van der Waals surface area contributed by atoms with Crippen molar-refractivity contribution in [1.29, 1.82) is 0 Å². The molecule has 0 radical (unpaired) electrons. The maximum Gasteiger partial charge on any atom is 0.330 e. The molecule has 0 bridgehead atoms. The van der Waals surface area contributed by atoms with E-state index in [4.69, 9.17) is 10.5 Å². The van der Waals surface area contributed by atoms with Crippen LogP contribution in [-0.2, 0) is 32.1 Å². The van der Waals surface area contributed by atoms with Gasteiger partial charge in [0.05, 0.1) is 5.92 Å². The Morgan fingerprint density at radius 1 is 1.03 bits per heavy atom. The number of nitrogen functional groups attached to an aromatic ring is 1. The molecule has 0 aliphatic carbocycles. The molecule has 3 atom stereocenters. The maximum absolute atomic E-state index is 13.1. The number of aromatic nitrogens is 1. The van der Waals surface area contributed by atoms with Gasteiger partial charge < -0.3 is 10.5 Å². The number of β-lactam (4-membered cyclic amide) rings is 1. The number of likely N-dealkylation sites (tertiary alicyclic amines) is 1. The number of nitrogens with two attached hydrogens (primary N) is 1. The van der Waals surface area contributed by atoms with Crippen molar-refractivity contribution in [1.82, 2.24) is 9.88 Å². The Labute approximate surface area is 198 Å². The molecule has 0 spiro atoms. The first-order chi connectivity index (χ1) is 16.4. The van der Waals surface area contributed by atoms with Crippen molar-refractivity contribution in [3.05, 3.63) is 95.7 Å². The summed E-state index contributed by atoms with van der Waals surface area (Å²) in [5.74, 6) is -1.80. The average Bonchev–Trinajstić information content (AvgIpc) is 2.85. The van der Waals surface area contributed by atoms with Gasteiger partial charge in [0, 0.05) is 12.6 Å². The number of anilines is 1. The largest absolute Gasteiger partial charge is 0.459 e. The number of amides is 2. The number of ether oxygens (including phenoxy) is 1. The summed E-state index contributed by atoms with van der Waals surface area (Å²) in [5, 5.41) is 0. The van der Waals surface area contributed by atoms with Crippen LogP contribution in [0.1, 0.15) is 36.0 Å². The second-order valence-electron chi connectivity index (χ2n) is 8.56. The van der Waals surface area contributed by atoms with Crippen LogP contribution >= 0.6 is 0 Å². The fraction of sp³-hybridized carbons (Fsp3) is 0.259. The number of hydrogen-bond donors (Lipinski definition) is 1. The van der Waals surface area contributed by atoms with Gasteiger partial charge in [-0.2, -0.15) is 0 Å². The first-order valence-electron chi connectivity index (χ1n) is 11.3. The summed E-state index contributed by atoms with van der Waals surface area (Å²) in [6, 6.07) is 21.3. The molecule has 2 aromatic carbocycles. The summed E-state index contributed by atoms with van der Waals surface area (Å²) in [6.45, 7) is 2.00. The molecular formula is C27H27N3O4. The molecule has 0 unspecified atom stereocenters. The summed E-state index contributed by atoms with van der Waals surface area (Å²) in [6.07, 6.45) is 1.95. The van der Waals surface area contributed by atoms with Crippen LogP contribution in [0.2, 0.25) is 0 Å². The standard InChI is InChI=1S/C27H27N3O4/c1-18(21-10-6-3-7-11-21)14-24(31)30-25(27(33)34-17-19-8-4-2-5-9-19)22(26(30)32)15-20-12-13-29-23(28)16-20/h2-13,16,18,22,25H,14-15,17H2,1H3,(H2,28,29)/t18-,22+,25-/m0/s1. The van der Waals surface area contributed by atoms with Gasteiger partial charge >= 0.3 is 5.97 Å². The summed E-state index contributed by atoms with van der Waals surface area (Å²) < 4.78 is 5.52. The van der Waals surface area contributed by atoms with Gasteiger partial charge in [-0.05, 0) is 41.2 Å². The second kappa shape index (κ2) is 10.3. The fourth-order valence-corrected chi connectivity index (χ4v) is 4.24. The van der Waals surface area contributed by atoms with Crippen LogP contribution in [0.4, 0.5) is 5.82 Å². The van der Waals surface area contributed by atoms with E-state index in [-0.39, 0.29) is 37.2 Å². The molecule has 7 nitrogen and oxygen atoms in total. The molecule has 3 aromatic rings. The third-order valence-electron chi connectivity index (χ3n) is 6.10. The van der Waals surface area contributed by atoms with Crippen molar-refractivity contribution < 1.29 is 19.1 Å². The van der Waals surface area contributed by atoms with Gasteiger partial charge in [0.1, 0.15) is 18.5 Å². The van der Waals surface area contributed by atoms with Crippen molar-refractivity contribution in [2.24, 2.45) is 5.92 Å². The molecule has 174 valence electrons. The molecule has 7 heteroatoms. The number of imide groups is 1. The maximum atomic E-state index is 13.1. The summed E-state index contributed by atoms with van der Waals surface area (Å²) in [7, 11) is 0. The van der Waals surface area contributed by atoms with Gasteiger partial charge in [0.15, 0.2) is 0 Å². The minimum absolute atomic E-state index is 0.0712. The third kappa shape index (κ3) is 5.14. The normalized spacial score (nSPS) is 18.1. The summed E-state index contributed by atoms with van der Waals surface area (Å²) >= 11 is 0. The quantitative estimate of drug-likeness (QED) is 0.410. The summed E-state index contributed by atoms with van der Waals surface area (Å²) in [5.41, 5.74) is 8.37. The lowest BCUT2D eigenvalue weighted by molar-refractivity contribution is -0.180. The zero-order valence-electron chi connectivity index (χ0n) is 19.0. The SMILES string of the molecule is C[C@@H](CC(=O)N1C(=O)[C@H](Cc2ccnc(N)c2)[C@H]1C(=O)OCc1ccccc1)c1ccccc1. The first kappa shape index (κ1) is 23.2. The minimum atomic E-state index is -0.971. The molecule has 1 fully saturated rings. The lowest BCUT2D eigenvalue weighted by Gasteiger charge is -2.44. The number of esters is 1. The van der Waals surface area contributed by atoms with Crippen LogP contribution in [0, 0.1) is 5.92 Å². The highest BCUT2D eigenvalue weighted by Crippen LogP contribution is 2.33. The predicted molar refractivity (Wildman–Crippen MR) is 127 cm³/mol. The molecule has 1 aliphatic heterocycles. The Morgan fingerprint density at radius 2 is 1.71 bits per heavy atom. The van der Waals surface area contributed by atoms with Gasteiger partial charge in [-0.3, -0.25) is 14.5 Å². The van der Waals surface area contributed by atoms with Gasteiger partial charge in [-0.15, -0.1) is 0 Å². The van der Waals surface area contributed by atoms with E-state index in [1.807, 2.05) is 67.6 Å². The number of carbonyl (C=O) groups is 3. The van der Waals surface area contributed by atoms with Crippen molar-refractivity contribution in [2.75, 3.05) is 5.73 Å². The van der Waals surface area contributed by atoms with Crippen molar-refractivity contribution in [3.8, 4) is 0 Å². The Balaban J connectivity index is 1.50. The Hall–Kier alpha value is -4.00. The van der Waals surface area contributed by atoms with E-state index in [1.54, 1.807) is 18.3 Å². The second-order valence-corrected chi connectivity index (χ2v) is 8.56. The Morgan fingerprint density at radius 3 is 2.38 bits per heavy atom. The van der Waals surface area contributed by atoms with E-state index in [9.17, 15) is 14.4 Å². The Kier molecular flexibility index (Phi) is 7.01. The van der Waals surface area contributed by atoms with Crippen molar-refractivity contribution in [3.63, 3.8) is 0 Å². The molecule has 0 saturated carbocycles. The van der Waals surface area contributed by atoms with E-state index in [0.29, 0.717) is 5.82 Å². The highest BCUT2D eigenvalue weighted by molar-refractivity contribution is 6.08.